The van der Waals surface area contributed by atoms with Crippen molar-refractivity contribution in [1.29, 1.82) is 0 Å². The molecule has 1 aliphatic rings. The van der Waals surface area contributed by atoms with Gasteiger partial charge in [0.25, 0.3) is 0 Å². The highest BCUT2D eigenvalue weighted by atomic mass is 32.2. The van der Waals surface area contributed by atoms with Crippen LogP contribution in [0.2, 0.25) is 0 Å². The Morgan fingerprint density at radius 3 is 2.55 bits per heavy atom. The van der Waals surface area contributed by atoms with Gasteiger partial charge in [0.2, 0.25) is 0 Å². The average Bonchev–Trinajstić information content (AvgIpc) is 3.07. The third-order valence-corrected chi connectivity index (χ3v) is 6.31. The molecule has 0 atom stereocenters. The summed E-state index contributed by atoms with van der Waals surface area (Å²) in [5.74, 6) is 0.701. The maximum Gasteiger partial charge on any atom is 0.511 e. The molecular weight excluding hydrogens is 409 g/mol. The number of nitrogens with zero attached hydrogens (tertiary/aromatic N) is 4. The highest BCUT2D eigenvalue weighted by molar-refractivity contribution is 7.90. The van der Waals surface area contributed by atoms with E-state index in [9.17, 15) is 21.6 Å². The average molecular weight is 439 g/mol. The number of alkyl halides is 3. The van der Waals surface area contributed by atoms with E-state index in [1.807, 2.05) is 30.9 Å². The fourth-order valence-corrected chi connectivity index (χ4v) is 4.06. The zero-order valence-corrected chi connectivity index (χ0v) is 17.6. The van der Waals surface area contributed by atoms with Crippen molar-refractivity contribution in [3.63, 3.8) is 0 Å². The summed E-state index contributed by atoms with van der Waals surface area (Å²) in [5.41, 5.74) is -4.13. The van der Waals surface area contributed by atoms with Crippen molar-refractivity contribution in [1.82, 2.24) is 24.7 Å². The molecule has 12 heteroatoms. The standard InChI is InChI=1S/C17H29F3N6O2S/c1-3-21-16(22-7-4-8-25-13-14(2)11-24-25)23-12-15-5-9-26(10-6-15)29(27,28)17(18,19)20/h11,13,15H,3-10,12H2,1-2H3,(H2,21,22,23). The Morgan fingerprint density at radius 2 is 2.00 bits per heavy atom. The fraction of sp³-hybridized carbons (Fsp3) is 0.765. The SMILES string of the molecule is CCNC(=NCC1CCN(S(=O)(=O)C(F)(F)F)CC1)NCCCn1cc(C)cn1. The van der Waals surface area contributed by atoms with Crippen LogP contribution in [0.25, 0.3) is 0 Å². The van der Waals surface area contributed by atoms with E-state index < -0.39 is 15.5 Å². The molecule has 1 aromatic rings. The molecule has 1 aromatic heterocycles. The number of aliphatic imine (C=N–C) groups is 1. The van der Waals surface area contributed by atoms with E-state index in [1.165, 1.54) is 0 Å². The van der Waals surface area contributed by atoms with Gasteiger partial charge in [-0.3, -0.25) is 9.67 Å². The molecule has 166 valence electrons. The third-order valence-electron chi connectivity index (χ3n) is 4.68. The third kappa shape index (κ3) is 6.88. The molecule has 1 saturated heterocycles. The number of aryl methyl sites for hydroxylation is 2. The molecule has 0 aliphatic carbocycles. The van der Waals surface area contributed by atoms with Gasteiger partial charge in [-0.25, -0.2) is 8.42 Å². The smallest absolute Gasteiger partial charge is 0.357 e. The number of piperidine rings is 1. The van der Waals surface area contributed by atoms with Crippen LogP contribution >= 0.6 is 0 Å². The van der Waals surface area contributed by atoms with Gasteiger partial charge in [-0.05, 0) is 44.6 Å². The van der Waals surface area contributed by atoms with E-state index >= 15 is 0 Å². The van der Waals surface area contributed by atoms with Crippen LogP contribution < -0.4 is 10.6 Å². The van der Waals surface area contributed by atoms with E-state index in [1.54, 1.807) is 0 Å². The monoisotopic (exact) mass is 438 g/mol. The first-order chi connectivity index (χ1) is 13.6. The lowest BCUT2D eigenvalue weighted by Crippen LogP contribution is -2.45. The molecule has 2 N–H and O–H groups in total. The quantitative estimate of drug-likeness (QED) is 0.366. The van der Waals surface area contributed by atoms with Crippen molar-refractivity contribution in [3.05, 3.63) is 18.0 Å². The number of sulfonamides is 1. The van der Waals surface area contributed by atoms with Crippen molar-refractivity contribution >= 4 is 16.0 Å². The lowest BCUT2D eigenvalue weighted by molar-refractivity contribution is -0.0496. The van der Waals surface area contributed by atoms with Crippen LogP contribution in [0.4, 0.5) is 13.2 Å². The predicted molar refractivity (Wildman–Crippen MR) is 105 cm³/mol. The maximum absolute atomic E-state index is 12.6. The van der Waals surface area contributed by atoms with E-state index in [-0.39, 0.29) is 19.0 Å². The fourth-order valence-electron chi connectivity index (χ4n) is 3.08. The van der Waals surface area contributed by atoms with E-state index in [2.05, 4.69) is 20.7 Å². The lowest BCUT2D eigenvalue weighted by atomic mass is 9.98. The number of nitrogens with one attached hydrogen (secondary N) is 2. The molecule has 0 amide bonds. The Kier molecular flexibility index (Phi) is 8.32. The molecule has 0 bridgehead atoms. The molecule has 0 spiro atoms. The second kappa shape index (κ2) is 10.3. The van der Waals surface area contributed by atoms with Gasteiger partial charge in [-0.15, -0.1) is 0 Å². The second-order valence-corrected chi connectivity index (χ2v) is 9.00. The highest BCUT2D eigenvalue weighted by Gasteiger charge is 2.50. The van der Waals surface area contributed by atoms with Crippen molar-refractivity contribution in [2.24, 2.45) is 10.9 Å². The number of hydrogen-bond donors (Lipinski definition) is 2. The first-order valence-electron chi connectivity index (χ1n) is 9.71. The number of aromatic nitrogens is 2. The first-order valence-corrected chi connectivity index (χ1v) is 11.1. The van der Waals surface area contributed by atoms with Crippen molar-refractivity contribution in [2.75, 3.05) is 32.7 Å². The number of halogens is 3. The van der Waals surface area contributed by atoms with Crippen molar-refractivity contribution in [3.8, 4) is 0 Å². The Morgan fingerprint density at radius 1 is 1.31 bits per heavy atom. The molecular formula is C17H29F3N6O2S. The van der Waals surface area contributed by atoms with E-state index in [0.29, 0.717) is 42.7 Å². The van der Waals surface area contributed by atoms with E-state index in [0.717, 1.165) is 18.5 Å². The topological polar surface area (TPSA) is 91.6 Å². The van der Waals surface area contributed by atoms with Crippen LogP contribution in [0.1, 0.15) is 31.7 Å². The molecule has 2 rings (SSSR count). The van der Waals surface area contributed by atoms with E-state index in [4.69, 9.17) is 0 Å². The number of rotatable bonds is 8. The molecule has 8 nitrogen and oxygen atoms in total. The predicted octanol–water partition coefficient (Wildman–Crippen LogP) is 1.70. The highest BCUT2D eigenvalue weighted by Crippen LogP contribution is 2.30. The minimum absolute atomic E-state index is 0.0530. The second-order valence-electron chi connectivity index (χ2n) is 7.07. The largest absolute Gasteiger partial charge is 0.511 e. The molecule has 29 heavy (non-hydrogen) atoms. The van der Waals surface area contributed by atoms with Crippen LogP contribution in [-0.4, -0.2) is 66.7 Å². The van der Waals surface area contributed by atoms with Crippen molar-refractivity contribution < 1.29 is 21.6 Å². The summed E-state index contributed by atoms with van der Waals surface area (Å²) in [7, 11) is -5.23. The van der Waals surface area contributed by atoms with Gasteiger partial charge in [0.1, 0.15) is 0 Å². The molecule has 0 radical (unpaired) electrons. The minimum atomic E-state index is -5.24. The minimum Gasteiger partial charge on any atom is -0.357 e. The van der Waals surface area contributed by atoms with Crippen LogP contribution in [0, 0.1) is 12.8 Å². The zero-order chi connectivity index (χ0) is 21.5. The molecule has 1 aliphatic heterocycles. The molecule has 0 saturated carbocycles. The Bertz CT molecular complexity index is 770. The van der Waals surface area contributed by atoms with Gasteiger partial charge in [0, 0.05) is 45.5 Å². The van der Waals surface area contributed by atoms with Crippen LogP contribution in [0.5, 0.6) is 0 Å². The van der Waals surface area contributed by atoms with Gasteiger partial charge < -0.3 is 10.6 Å². The summed E-state index contributed by atoms with van der Waals surface area (Å²) in [6.45, 7) is 6.29. The van der Waals surface area contributed by atoms with Gasteiger partial charge in [0.15, 0.2) is 5.96 Å². The van der Waals surface area contributed by atoms with Crippen LogP contribution in [0.3, 0.4) is 0 Å². The summed E-state index contributed by atoms with van der Waals surface area (Å²) >= 11 is 0. The maximum atomic E-state index is 12.6. The summed E-state index contributed by atoms with van der Waals surface area (Å²) < 4.78 is 63.2. The van der Waals surface area contributed by atoms with Crippen molar-refractivity contribution in [2.45, 2.75) is 45.2 Å². The molecule has 0 unspecified atom stereocenters. The van der Waals surface area contributed by atoms with Gasteiger partial charge in [-0.2, -0.15) is 22.6 Å². The molecule has 2 heterocycles. The van der Waals surface area contributed by atoms with Gasteiger partial charge >= 0.3 is 15.5 Å². The first kappa shape index (κ1) is 23.5. The summed E-state index contributed by atoms with van der Waals surface area (Å²) in [5, 5.41) is 10.6. The van der Waals surface area contributed by atoms with Crippen LogP contribution in [-0.2, 0) is 16.6 Å². The Hall–Kier alpha value is -1.82. The normalized spacial score (nSPS) is 17.5. The van der Waals surface area contributed by atoms with Gasteiger partial charge in [0.05, 0.1) is 6.20 Å². The number of hydrogen-bond acceptors (Lipinski definition) is 4. The molecule has 0 aromatic carbocycles. The number of guanidine groups is 1. The summed E-state index contributed by atoms with van der Waals surface area (Å²) in [6.07, 6.45) is 5.36. The van der Waals surface area contributed by atoms with Gasteiger partial charge in [-0.1, -0.05) is 0 Å². The Balaban J connectivity index is 1.77. The Labute approximate surface area is 169 Å². The lowest BCUT2D eigenvalue weighted by Gasteiger charge is -2.30. The molecule has 1 fully saturated rings. The summed E-state index contributed by atoms with van der Waals surface area (Å²) in [6, 6.07) is 0. The van der Waals surface area contributed by atoms with Crippen LogP contribution in [0.15, 0.2) is 17.4 Å². The summed E-state index contributed by atoms with van der Waals surface area (Å²) in [4.78, 5) is 4.50. The zero-order valence-electron chi connectivity index (χ0n) is 16.7.